The van der Waals surface area contributed by atoms with Crippen LogP contribution in [0.3, 0.4) is 0 Å². The highest BCUT2D eigenvalue weighted by Gasteiger charge is 2.27. The Balaban J connectivity index is 1.44. The minimum atomic E-state index is -0.712. The number of aliphatic hydroxyl groups is 1. The van der Waals surface area contributed by atoms with E-state index in [-0.39, 0.29) is 0 Å². The summed E-state index contributed by atoms with van der Waals surface area (Å²) in [5, 5.41) is 13.1. The number of benzene rings is 2. The molecule has 1 atom stereocenters. The van der Waals surface area contributed by atoms with E-state index in [0.29, 0.717) is 0 Å². The Bertz CT molecular complexity index is 1170. The van der Waals surface area contributed by atoms with Crippen LogP contribution in [0.4, 0.5) is 0 Å². The van der Waals surface area contributed by atoms with E-state index in [4.69, 9.17) is 4.99 Å². The Morgan fingerprint density at radius 3 is 2.60 bits per heavy atom. The van der Waals surface area contributed by atoms with Crippen molar-refractivity contribution in [2.75, 3.05) is 20.1 Å². The Morgan fingerprint density at radius 1 is 0.967 bits per heavy atom. The average Bonchev–Trinajstić information content (AvgIpc) is 2.81. The molecule has 2 aliphatic rings. The van der Waals surface area contributed by atoms with Crippen LogP contribution >= 0.6 is 0 Å². The second kappa shape index (κ2) is 7.76. The number of fused-ring (bicyclic) bond motifs is 1. The van der Waals surface area contributed by atoms with Gasteiger partial charge in [0, 0.05) is 38.1 Å². The van der Waals surface area contributed by atoms with Crippen molar-refractivity contribution in [2.24, 2.45) is 4.99 Å². The molecule has 0 saturated heterocycles. The summed E-state index contributed by atoms with van der Waals surface area (Å²) < 4.78 is 0. The summed E-state index contributed by atoms with van der Waals surface area (Å²) in [5.74, 6) is 0.795. The van der Waals surface area contributed by atoms with Gasteiger partial charge in [-0.3, -0.25) is 4.98 Å². The Morgan fingerprint density at radius 2 is 1.77 bits per heavy atom. The van der Waals surface area contributed by atoms with Gasteiger partial charge >= 0.3 is 0 Å². The lowest BCUT2D eigenvalue weighted by atomic mass is 9.98. The molecule has 1 N–H and O–H groups in total. The van der Waals surface area contributed by atoms with E-state index in [1.54, 1.807) is 18.5 Å². The summed E-state index contributed by atoms with van der Waals surface area (Å²) in [6.45, 7) is 1.63. The Labute approximate surface area is 176 Å². The van der Waals surface area contributed by atoms with E-state index in [2.05, 4.69) is 58.4 Å². The molecule has 3 heterocycles. The predicted octanol–water partition coefficient (Wildman–Crippen LogP) is 3.98. The molecule has 5 heteroatoms. The van der Waals surface area contributed by atoms with Crippen LogP contribution in [0.2, 0.25) is 0 Å². The molecule has 150 valence electrons. The van der Waals surface area contributed by atoms with E-state index in [1.165, 1.54) is 21.9 Å². The summed E-state index contributed by atoms with van der Waals surface area (Å²) >= 11 is 0. The summed E-state index contributed by atoms with van der Waals surface area (Å²) in [6.07, 6.45) is 7.83. The first-order valence-electron chi connectivity index (χ1n) is 10.2. The fourth-order valence-corrected chi connectivity index (χ4v) is 4.09. The fourth-order valence-electron chi connectivity index (χ4n) is 4.09. The molecule has 2 aromatic carbocycles. The Hall–Kier alpha value is -3.44. The minimum absolute atomic E-state index is 0.712. The fraction of sp³-hybridized carbons (Fsp3) is 0.200. The van der Waals surface area contributed by atoms with Crippen LogP contribution in [0.25, 0.3) is 22.0 Å². The molecule has 0 spiro atoms. The molecular weight excluding hydrogens is 372 g/mol. The quantitative estimate of drug-likeness (QED) is 0.712. The second-order valence-corrected chi connectivity index (χ2v) is 7.73. The van der Waals surface area contributed by atoms with Gasteiger partial charge in [-0.05, 0) is 52.6 Å². The molecule has 1 aromatic heterocycles. The first-order valence-corrected chi connectivity index (χ1v) is 10.2. The smallest absolute Gasteiger partial charge is 0.204 e. The van der Waals surface area contributed by atoms with Gasteiger partial charge in [-0.15, -0.1) is 0 Å². The summed E-state index contributed by atoms with van der Waals surface area (Å²) in [6, 6.07) is 18.9. The van der Waals surface area contributed by atoms with Crippen LogP contribution in [-0.2, 0) is 0 Å². The largest absolute Gasteiger partial charge is 0.370 e. The van der Waals surface area contributed by atoms with Crippen molar-refractivity contribution in [3.05, 3.63) is 90.3 Å². The molecule has 2 aliphatic heterocycles. The molecule has 0 bridgehead atoms. The van der Waals surface area contributed by atoms with Crippen LogP contribution < -0.4 is 0 Å². The number of pyridine rings is 1. The Kier molecular flexibility index (Phi) is 4.81. The molecular formula is C25H24N4O. The van der Waals surface area contributed by atoms with Gasteiger partial charge in [-0.2, -0.15) is 0 Å². The lowest BCUT2D eigenvalue weighted by Crippen LogP contribution is -2.49. The minimum Gasteiger partial charge on any atom is -0.370 e. The van der Waals surface area contributed by atoms with Gasteiger partial charge < -0.3 is 14.9 Å². The summed E-state index contributed by atoms with van der Waals surface area (Å²) in [4.78, 5) is 13.1. The number of nitrogens with zero attached hydrogens (tertiary/aromatic N) is 4. The van der Waals surface area contributed by atoms with E-state index in [9.17, 15) is 5.11 Å². The van der Waals surface area contributed by atoms with E-state index in [1.807, 2.05) is 24.1 Å². The van der Waals surface area contributed by atoms with E-state index >= 15 is 0 Å². The van der Waals surface area contributed by atoms with Crippen molar-refractivity contribution >= 4 is 28.0 Å². The highest BCUT2D eigenvalue weighted by atomic mass is 16.3. The first-order chi connectivity index (χ1) is 14.7. The van der Waals surface area contributed by atoms with Gasteiger partial charge in [-0.25, -0.2) is 4.99 Å². The van der Waals surface area contributed by atoms with Crippen LogP contribution in [0.5, 0.6) is 0 Å². The normalized spacial score (nSPS) is 19.4. The number of aliphatic hydroxyl groups excluding tert-OH is 1. The molecule has 0 aliphatic carbocycles. The standard InChI is InChI=1S/C25H24N4O/c1-28-24(30)16-23(19-10-12-26-13-11-19)27-25(28)29-14-4-7-22(17-29)21-9-8-18-5-2-3-6-20(18)15-21/h2-3,5-13,15-16,24,30H,4,14,17H2,1H3. The van der Waals surface area contributed by atoms with Crippen molar-refractivity contribution in [2.45, 2.75) is 12.6 Å². The van der Waals surface area contributed by atoms with Gasteiger partial charge in [-0.1, -0.05) is 42.5 Å². The second-order valence-electron chi connectivity index (χ2n) is 7.73. The van der Waals surface area contributed by atoms with Crippen LogP contribution in [0.1, 0.15) is 17.5 Å². The SMILES string of the molecule is CN1C(N2CCC=C(c3ccc4ccccc4c3)C2)=NC(c2ccncc2)=CC1O. The highest BCUT2D eigenvalue weighted by molar-refractivity contribution is 5.91. The molecule has 0 radical (unpaired) electrons. The molecule has 5 rings (SSSR count). The lowest BCUT2D eigenvalue weighted by molar-refractivity contribution is 0.102. The number of hydrogen-bond acceptors (Lipinski definition) is 5. The molecule has 0 fully saturated rings. The third-order valence-corrected chi connectivity index (χ3v) is 5.77. The summed E-state index contributed by atoms with van der Waals surface area (Å²) in [5.41, 5.74) is 4.26. The van der Waals surface area contributed by atoms with Crippen molar-refractivity contribution in [3.8, 4) is 0 Å². The van der Waals surface area contributed by atoms with Gasteiger partial charge in [0.2, 0.25) is 5.96 Å². The molecule has 30 heavy (non-hydrogen) atoms. The molecule has 0 saturated carbocycles. The molecule has 5 nitrogen and oxygen atoms in total. The van der Waals surface area contributed by atoms with Crippen LogP contribution in [0, 0.1) is 0 Å². The third-order valence-electron chi connectivity index (χ3n) is 5.77. The zero-order valence-corrected chi connectivity index (χ0v) is 16.9. The highest BCUT2D eigenvalue weighted by Crippen LogP contribution is 2.28. The maximum atomic E-state index is 10.6. The number of rotatable bonds is 2. The monoisotopic (exact) mass is 396 g/mol. The van der Waals surface area contributed by atoms with E-state index in [0.717, 1.165) is 36.7 Å². The van der Waals surface area contributed by atoms with Gasteiger partial charge in [0.15, 0.2) is 6.23 Å². The maximum absolute atomic E-state index is 10.6. The van der Waals surface area contributed by atoms with Crippen molar-refractivity contribution in [1.82, 2.24) is 14.8 Å². The average molecular weight is 396 g/mol. The van der Waals surface area contributed by atoms with Crippen LogP contribution in [-0.4, -0.2) is 52.2 Å². The van der Waals surface area contributed by atoms with Gasteiger partial charge in [0.1, 0.15) is 0 Å². The number of guanidine groups is 1. The van der Waals surface area contributed by atoms with Gasteiger partial charge in [0.05, 0.1) is 5.70 Å². The number of likely N-dealkylation sites (N-methyl/N-ethyl adjacent to an activating group) is 1. The molecule has 1 unspecified atom stereocenters. The van der Waals surface area contributed by atoms with Crippen molar-refractivity contribution in [1.29, 1.82) is 0 Å². The summed E-state index contributed by atoms with van der Waals surface area (Å²) in [7, 11) is 1.89. The maximum Gasteiger partial charge on any atom is 0.204 e. The molecule has 0 amide bonds. The first kappa shape index (κ1) is 18.6. The van der Waals surface area contributed by atoms with E-state index < -0.39 is 6.23 Å². The number of aromatic nitrogens is 1. The molecule has 3 aromatic rings. The number of hydrogen-bond donors (Lipinski definition) is 1. The zero-order chi connectivity index (χ0) is 20.5. The predicted molar refractivity (Wildman–Crippen MR) is 122 cm³/mol. The number of aliphatic imine (C=N–C) groups is 1. The third kappa shape index (κ3) is 3.48. The zero-order valence-electron chi connectivity index (χ0n) is 16.9. The van der Waals surface area contributed by atoms with Crippen LogP contribution in [0.15, 0.2) is 84.1 Å². The lowest BCUT2D eigenvalue weighted by Gasteiger charge is -2.38. The van der Waals surface area contributed by atoms with Gasteiger partial charge in [0.25, 0.3) is 0 Å². The van der Waals surface area contributed by atoms with Crippen molar-refractivity contribution in [3.63, 3.8) is 0 Å². The topological polar surface area (TPSA) is 52.0 Å². The van der Waals surface area contributed by atoms with Crippen molar-refractivity contribution < 1.29 is 5.11 Å².